The van der Waals surface area contributed by atoms with Gasteiger partial charge in [0, 0.05) is 36.5 Å². The molecule has 0 unspecified atom stereocenters. The first-order chi connectivity index (χ1) is 15.6. The van der Waals surface area contributed by atoms with Crippen LogP contribution in [0.5, 0.6) is 6.01 Å². The van der Waals surface area contributed by atoms with E-state index in [1.54, 1.807) is 4.57 Å². The third-order valence-corrected chi connectivity index (χ3v) is 5.83. The number of benzene rings is 1. The Bertz CT molecular complexity index is 1220. The van der Waals surface area contributed by atoms with Crippen LogP contribution < -0.4 is 4.74 Å². The molecule has 0 bridgehead atoms. The molecule has 2 aliphatic heterocycles. The molecule has 10 nitrogen and oxygen atoms in total. The number of piperazine rings is 1. The van der Waals surface area contributed by atoms with Crippen LogP contribution in [0.3, 0.4) is 0 Å². The number of imidazole rings is 1. The number of aromatic nitrogens is 2. The lowest BCUT2D eigenvalue weighted by molar-refractivity contribution is -0.389. The molecule has 0 radical (unpaired) electrons. The fourth-order valence-corrected chi connectivity index (χ4v) is 4.10. The molecule has 33 heavy (non-hydrogen) atoms. The molecular weight excluding hydrogens is 445 g/mol. The number of hydrazone groups is 1. The summed E-state index contributed by atoms with van der Waals surface area (Å²) in [5, 5.41) is 17.5. The fourth-order valence-electron chi connectivity index (χ4n) is 4.10. The second-order valence-corrected chi connectivity index (χ2v) is 8.13. The molecule has 13 heteroatoms. The van der Waals surface area contributed by atoms with Gasteiger partial charge in [-0.1, -0.05) is 0 Å². The molecule has 1 aromatic carbocycles. The molecule has 1 fully saturated rings. The van der Waals surface area contributed by atoms with Gasteiger partial charge in [0.25, 0.3) is 0 Å². The van der Waals surface area contributed by atoms with Crippen LogP contribution in [0, 0.1) is 10.1 Å². The number of furan rings is 1. The first kappa shape index (κ1) is 21.2. The number of nitro groups is 1. The van der Waals surface area contributed by atoms with Gasteiger partial charge in [0.05, 0.1) is 18.3 Å². The Balaban J connectivity index is 1.20. The van der Waals surface area contributed by atoms with E-state index < -0.39 is 22.4 Å². The van der Waals surface area contributed by atoms with Gasteiger partial charge in [-0.3, -0.25) is 14.5 Å². The smallest absolute Gasteiger partial charge is 0.416 e. The van der Waals surface area contributed by atoms with E-state index in [0.717, 1.165) is 12.1 Å². The monoisotopic (exact) mass is 464 g/mol. The quantitative estimate of drug-likeness (QED) is 0.332. The number of nitrogens with zero attached hydrogens (tertiary/aromatic N) is 6. The number of alkyl halides is 3. The van der Waals surface area contributed by atoms with E-state index in [1.807, 2.05) is 11.9 Å². The average molecular weight is 464 g/mol. The summed E-state index contributed by atoms with van der Waals surface area (Å²) >= 11 is 0. The third kappa shape index (κ3) is 3.99. The van der Waals surface area contributed by atoms with Crippen molar-refractivity contribution in [3.8, 4) is 6.01 Å². The minimum absolute atomic E-state index is 0.225. The van der Waals surface area contributed by atoms with Crippen molar-refractivity contribution in [2.75, 3.05) is 26.2 Å². The van der Waals surface area contributed by atoms with Crippen molar-refractivity contribution in [1.29, 1.82) is 0 Å². The first-order valence-corrected chi connectivity index (χ1v) is 10.2. The third-order valence-electron chi connectivity index (χ3n) is 5.83. The topological polar surface area (TPSA) is 102 Å². The highest BCUT2D eigenvalue weighted by Gasteiger charge is 2.45. The summed E-state index contributed by atoms with van der Waals surface area (Å²) in [4.78, 5) is 16.3. The van der Waals surface area contributed by atoms with Crippen molar-refractivity contribution in [1.82, 2.24) is 19.5 Å². The molecule has 0 aliphatic carbocycles. The summed E-state index contributed by atoms with van der Waals surface area (Å²) in [6, 6.07) is 5.09. The maximum absolute atomic E-state index is 12.9. The molecule has 174 valence electrons. The van der Waals surface area contributed by atoms with Gasteiger partial charge in [0.1, 0.15) is 17.5 Å². The van der Waals surface area contributed by atoms with Crippen molar-refractivity contribution >= 4 is 23.0 Å². The van der Waals surface area contributed by atoms with Gasteiger partial charge in [-0.15, -0.1) is 0 Å². The Hall–Kier alpha value is -3.61. The second-order valence-electron chi connectivity index (χ2n) is 8.13. The van der Waals surface area contributed by atoms with Gasteiger partial charge in [-0.05, 0) is 36.1 Å². The van der Waals surface area contributed by atoms with E-state index in [1.165, 1.54) is 24.5 Å². The average Bonchev–Trinajstić information content (AvgIpc) is 3.42. The van der Waals surface area contributed by atoms with Crippen LogP contribution >= 0.6 is 0 Å². The Morgan fingerprint density at radius 2 is 2.00 bits per heavy atom. The van der Waals surface area contributed by atoms with Gasteiger partial charge >= 0.3 is 18.0 Å². The summed E-state index contributed by atoms with van der Waals surface area (Å²) in [5.41, 5.74) is -1.03. The molecule has 0 amide bonds. The Labute approximate surface area is 185 Å². The Morgan fingerprint density at radius 1 is 1.24 bits per heavy atom. The molecule has 1 atom stereocenters. The van der Waals surface area contributed by atoms with E-state index in [9.17, 15) is 23.3 Å². The van der Waals surface area contributed by atoms with E-state index in [4.69, 9.17) is 9.15 Å². The van der Waals surface area contributed by atoms with Crippen molar-refractivity contribution in [3.05, 3.63) is 51.9 Å². The molecule has 5 rings (SSSR count). The molecule has 2 aromatic heterocycles. The number of ether oxygens (including phenoxy) is 1. The van der Waals surface area contributed by atoms with Crippen LogP contribution in [0.15, 0.2) is 40.0 Å². The highest BCUT2D eigenvalue weighted by atomic mass is 19.4. The van der Waals surface area contributed by atoms with E-state index in [2.05, 4.69) is 15.0 Å². The number of hydrogen-bond donors (Lipinski definition) is 0. The molecule has 2 aliphatic rings. The maximum Gasteiger partial charge on any atom is 0.416 e. The van der Waals surface area contributed by atoms with Gasteiger partial charge < -0.3 is 19.3 Å². The van der Waals surface area contributed by atoms with Crippen molar-refractivity contribution in [3.63, 3.8) is 0 Å². The van der Waals surface area contributed by atoms with Gasteiger partial charge in [0.15, 0.2) is 5.72 Å². The molecule has 0 N–H and O–H groups in total. The summed E-state index contributed by atoms with van der Waals surface area (Å²) < 4.78 is 51.8. The second kappa shape index (κ2) is 7.47. The van der Waals surface area contributed by atoms with Crippen LogP contribution in [0.25, 0.3) is 11.0 Å². The fraction of sp³-hybridized carbons (Fsp3) is 0.400. The van der Waals surface area contributed by atoms with E-state index in [0.29, 0.717) is 49.5 Å². The van der Waals surface area contributed by atoms with Crippen molar-refractivity contribution in [2.24, 2.45) is 5.10 Å². The number of fused-ring (bicyclic) bond motifs is 2. The minimum Gasteiger partial charge on any atom is -0.455 e. The van der Waals surface area contributed by atoms with Gasteiger partial charge in [-0.2, -0.15) is 18.3 Å². The summed E-state index contributed by atoms with van der Waals surface area (Å²) in [6.45, 7) is 4.79. The summed E-state index contributed by atoms with van der Waals surface area (Å²) in [7, 11) is 0. The lowest BCUT2D eigenvalue weighted by atomic mass is 10.1. The van der Waals surface area contributed by atoms with Crippen molar-refractivity contribution < 1.29 is 27.2 Å². The molecule has 3 aromatic rings. The van der Waals surface area contributed by atoms with Crippen LogP contribution in [0.1, 0.15) is 18.2 Å². The highest BCUT2D eigenvalue weighted by Crippen LogP contribution is 2.34. The zero-order valence-corrected chi connectivity index (χ0v) is 17.4. The lowest BCUT2D eigenvalue weighted by Gasteiger charge is -2.41. The number of halogens is 3. The van der Waals surface area contributed by atoms with Crippen LogP contribution in [0.4, 0.5) is 19.0 Å². The number of rotatable bonds is 4. The molecule has 1 saturated heterocycles. The Morgan fingerprint density at radius 3 is 2.67 bits per heavy atom. The van der Waals surface area contributed by atoms with Crippen LogP contribution in [-0.2, 0) is 12.7 Å². The highest BCUT2D eigenvalue weighted by molar-refractivity contribution is 5.87. The van der Waals surface area contributed by atoms with Crippen molar-refractivity contribution in [2.45, 2.75) is 25.4 Å². The normalized spacial score (nSPS) is 21.6. The zero-order valence-electron chi connectivity index (χ0n) is 17.4. The molecule has 0 spiro atoms. The minimum atomic E-state index is -4.41. The van der Waals surface area contributed by atoms with E-state index in [-0.39, 0.29) is 11.8 Å². The largest absolute Gasteiger partial charge is 0.455 e. The van der Waals surface area contributed by atoms with Gasteiger partial charge in [0.2, 0.25) is 0 Å². The molecule has 4 heterocycles. The van der Waals surface area contributed by atoms with Crippen LogP contribution in [0.2, 0.25) is 0 Å². The van der Waals surface area contributed by atoms with E-state index >= 15 is 0 Å². The lowest BCUT2D eigenvalue weighted by Crippen LogP contribution is -2.57. The number of hydrogen-bond acceptors (Lipinski definition) is 8. The SMILES string of the molecule is C[C@]1(N2CCN(/N=C/c3cc4cc(C(F)(F)F)ccc4o3)CC2)Cn2cc([N+](=O)[O-])nc2O1. The first-order valence-electron chi connectivity index (χ1n) is 10.2. The zero-order chi connectivity index (χ0) is 23.4. The Kier molecular flexibility index (Phi) is 4.81. The maximum atomic E-state index is 12.9. The predicted molar refractivity (Wildman–Crippen MR) is 110 cm³/mol. The van der Waals surface area contributed by atoms with Gasteiger partial charge in [-0.25, -0.2) is 0 Å². The standard InChI is InChI=1S/C20H19F3N6O4/c1-19(12-26-11-17(29(30)31)25-18(26)33-19)27-4-6-28(7-5-27)24-10-15-9-13-8-14(20(21,22)23)2-3-16(13)32-15/h2-3,8-11H,4-7,12H2,1H3/b24-10+/t19-/m1/s1. The van der Waals surface area contributed by atoms with Crippen LogP contribution in [-0.4, -0.2) is 62.5 Å². The summed E-state index contributed by atoms with van der Waals surface area (Å²) in [6.07, 6.45) is -1.55. The molecule has 0 saturated carbocycles. The summed E-state index contributed by atoms with van der Waals surface area (Å²) in [5.74, 6) is 0.122. The predicted octanol–water partition coefficient (Wildman–Crippen LogP) is 3.32. The molecular formula is C20H19F3N6O4.